The van der Waals surface area contributed by atoms with Crippen molar-refractivity contribution in [3.63, 3.8) is 0 Å². The number of carbonyl (C=O) groups is 3. The lowest BCUT2D eigenvalue weighted by Crippen LogP contribution is -2.48. The highest BCUT2D eigenvalue weighted by Gasteiger charge is 2.40. The molecule has 9 nitrogen and oxygen atoms in total. The lowest BCUT2D eigenvalue weighted by Gasteiger charge is -2.23. The molecule has 0 bridgehead atoms. The summed E-state index contributed by atoms with van der Waals surface area (Å²) in [6, 6.07) is 8.15. The highest BCUT2D eigenvalue weighted by molar-refractivity contribution is 7.43. The van der Waals surface area contributed by atoms with Gasteiger partial charge in [0.15, 0.2) is 6.79 Å². The van der Waals surface area contributed by atoms with Crippen molar-refractivity contribution in [1.29, 1.82) is 0 Å². The van der Waals surface area contributed by atoms with Gasteiger partial charge in [0.1, 0.15) is 12.1 Å². The molecule has 1 saturated heterocycles. The van der Waals surface area contributed by atoms with Gasteiger partial charge < -0.3 is 14.7 Å². The minimum atomic E-state index is -2.18. The summed E-state index contributed by atoms with van der Waals surface area (Å²) in [6.45, 7) is 2.84. The Morgan fingerprint density at radius 1 is 1.29 bits per heavy atom. The van der Waals surface area contributed by atoms with E-state index >= 15 is 0 Å². The quantitative estimate of drug-likeness (QED) is 0.281. The molecule has 0 spiro atoms. The van der Waals surface area contributed by atoms with Crippen molar-refractivity contribution in [2.24, 2.45) is 0 Å². The fourth-order valence-electron chi connectivity index (χ4n) is 3.45. The van der Waals surface area contributed by atoms with Gasteiger partial charge in [0, 0.05) is 19.9 Å². The predicted octanol–water partition coefficient (Wildman–Crippen LogP) is 2.67. The molecule has 2 unspecified atom stereocenters. The van der Waals surface area contributed by atoms with Crippen LogP contribution in [0.1, 0.15) is 45.1 Å². The van der Waals surface area contributed by atoms with Gasteiger partial charge in [-0.2, -0.15) is 0 Å². The molecule has 1 amide bonds. The number of rotatable bonds is 12. The van der Waals surface area contributed by atoms with Gasteiger partial charge in [-0.25, -0.2) is 4.79 Å². The van der Waals surface area contributed by atoms with Crippen LogP contribution in [0.3, 0.4) is 0 Å². The highest BCUT2D eigenvalue weighted by atomic mass is 31.1. The molecule has 1 aromatic carbocycles. The van der Waals surface area contributed by atoms with E-state index in [1.807, 2.05) is 30.3 Å². The van der Waals surface area contributed by atoms with Crippen molar-refractivity contribution in [1.82, 2.24) is 9.99 Å². The van der Waals surface area contributed by atoms with Crippen LogP contribution in [0.4, 0.5) is 0 Å². The topological polar surface area (TPSA) is 122 Å². The molecule has 170 valence electrons. The fraction of sp³-hybridized carbons (Fsp3) is 0.571. The Balaban J connectivity index is 1.93. The number of nitrogens with one attached hydrogen (secondary N) is 1. The summed E-state index contributed by atoms with van der Waals surface area (Å²) < 4.78 is 23.2. The average Bonchev–Trinajstić information content (AvgIpc) is 3.22. The van der Waals surface area contributed by atoms with Crippen LogP contribution in [-0.2, 0) is 34.8 Å². The van der Waals surface area contributed by atoms with Crippen LogP contribution in [-0.4, -0.2) is 59.1 Å². The number of hydrogen-bond donors (Lipinski definition) is 2. The second-order valence-corrected chi connectivity index (χ2v) is 8.94. The number of ether oxygens (including phenoxy) is 2. The lowest BCUT2D eigenvalue weighted by atomic mass is 10.1. The molecule has 1 aliphatic rings. The third-order valence-corrected chi connectivity index (χ3v) is 6.63. The monoisotopic (exact) mass is 453 g/mol. The van der Waals surface area contributed by atoms with E-state index in [-0.39, 0.29) is 6.79 Å². The van der Waals surface area contributed by atoms with Gasteiger partial charge in [0.25, 0.3) is 5.85 Å². The van der Waals surface area contributed by atoms with Crippen molar-refractivity contribution >= 4 is 25.8 Å². The minimum Gasteiger partial charge on any atom is -0.480 e. The summed E-state index contributed by atoms with van der Waals surface area (Å²) in [4.78, 5) is 36.3. The van der Waals surface area contributed by atoms with Gasteiger partial charge in [-0.15, -0.1) is 0 Å². The Hall–Kier alpha value is -2.35. The maximum Gasteiger partial charge on any atom is 0.464 e. The number of carbonyl (C=O) groups excluding carboxylic acids is 2. The summed E-state index contributed by atoms with van der Waals surface area (Å²) in [5.74, 6) is -2.71. The molecule has 0 saturated carbocycles. The SMILES string of the molecule is CC(=O)OCOC(CCCc1ccccc1)[P+](=O)N[C@@H](C)C(=O)N1CCC[C@H]1C(=O)O. The van der Waals surface area contributed by atoms with Crippen molar-refractivity contribution in [2.45, 2.75) is 63.9 Å². The first-order valence-corrected chi connectivity index (χ1v) is 11.7. The van der Waals surface area contributed by atoms with Crippen molar-refractivity contribution in [2.75, 3.05) is 13.3 Å². The molecule has 0 radical (unpaired) electrons. The Bertz CT molecular complexity index is 774. The number of likely N-dealkylation sites (tertiary alicyclic amines) is 1. The largest absolute Gasteiger partial charge is 0.480 e. The number of benzene rings is 1. The number of amides is 1. The van der Waals surface area contributed by atoms with Crippen molar-refractivity contribution in [3.8, 4) is 0 Å². The predicted molar refractivity (Wildman–Crippen MR) is 113 cm³/mol. The Morgan fingerprint density at radius 3 is 2.65 bits per heavy atom. The summed E-state index contributed by atoms with van der Waals surface area (Å²) in [7, 11) is -2.18. The van der Waals surface area contributed by atoms with E-state index in [9.17, 15) is 24.1 Å². The third kappa shape index (κ3) is 8.01. The number of esters is 1. The van der Waals surface area contributed by atoms with Crippen LogP contribution >= 0.6 is 7.95 Å². The van der Waals surface area contributed by atoms with Gasteiger partial charge in [-0.05, 0) is 42.7 Å². The van der Waals surface area contributed by atoms with Crippen molar-refractivity contribution < 1.29 is 33.5 Å². The van der Waals surface area contributed by atoms with Gasteiger partial charge >= 0.3 is 19.9 Å². The first-order chi connectivity index (χ1) is 14.8. The number of carboxylic acid groups (broad SMARTS) is 1. The number of nitrogens with zero attached hydrogens (tertiary/aromatic N) is 1. The smallest absolute Gasteiger partial charge is 0.464 e. The van der Waals surface area contributed by atoms with E-state index in [1.165, 1.54) is 11.8 Å². The molecule has 31 heavy (non-hydrogen) atoms. The molecule has 1 fully saturated rings. The standard InChI is InChI=1S/C21H29N2O7P/c1-15(20(25)23-13-7-11-18(23)21(26)27)22-31(28)19(30-14-29-16(2)24)12-6-10-17-8-4-3-5-9-17/h3-5,8-9,15,18-19H,6-7,10-14H2,1-2H3,(H-,22,26,27,28)/p+1/t15-,18-,19?/m0/s1. The minimum absolute atomic E-state index is 0.330. The number of aryl methyl sites for hydroxylation is 1. The maximum atomic E-state index is 12.9. The first-order valence-electron chi connectivity index (χ1n) is 10.3. The zero-order valence-electron chi connectivity index (χ0n) is 17.9. The summed E-state index contributed by atoms with van der Waals surface area (Å²) in [5, 5.41) is 12.0. The Morgan fingerprint density at radius 2 is 2.00 bits per heavy atom. The van der Waals surface area contributed by atoms with Gasteiger partial charge in [-0.3, -0.25) is 14.3 Å². The molecule has 1 aliphatic heterocycles. The first kappa shape index (κ1) is 24.9. The number of carboxylic acids is 1. The third-order valence-electron chi connectivity index (χ3n) is 5.06. The van der Waals surface area contributed by atoms with E-state index in [2.05, 4.69) is 5.09 Å². The van der Waals surface area contributed by atoms with E-state index in [4.69, 9.17) is 9.47 Å². The number of aliphatic carboxylic acids is 1. The van der Waals surface area contributed by atoms with Crippen molar-refractivity contribution in [3.05, 3.63) is 35.9 Å². The molecule has 1 heterocycles. The van der Waals surface area contributed by atoms with Gasteiger partial charge in [0.2, 0.25) is 5.91 Å². The van der Waals surface area contributed by atoms with E-state index in [0.29, 0.717) is 32.2 Å². The van der Waals surface area contributed by atoms with Gasteiger partial charge in [0.05, 0.1) is 0 Å². The molecular formula is C21H30N2O7P+. The lowest BCUT2D eigenvalue weighted by molar-refractivity contribution is -0.155. The zero-order valence-corrected chi connectivity index (χ0v) is 18.8. The fourth-order valence-corrected chi connectivity index (χ4v) is 4.73. The van der Waals surface area contributed by atoms with Crippen LogP contribution in [0.5, 0.6) is 0 Å². The Kier molecular flexibility index (Phi) is 10.0. The van der Waals surface area contributed by atoms with E-state index in [0.717, 1.165) is 12.0 Å². The van der Waals surface area contributed by atoms with Crippen LogP contribution in [0.25, 0.3) is 0 Å². The van der Waals surface area contributed by atoms with E-state index in [1.54, 1.807) is 6.92 Å². The molecule has 2 rings (SSSR count). The normalized spacial score (nSPS) is 18.3. The molecule has 1 aromatic rings. The molecule has 0 aliphatic carbocycles. The maximum absolute atomic E-state index is 12.9. The summed E-state index contributed by atoms with van der Waals surface area (Å²) in [6.07, 6.45) is 2.91. The number of hydrogen-bond acceptors (Lipinski definition) is 6. The second-order valence-electron chi connectivity index (χ2n) is 7.46. The average molecular weight is 453 g/mol. The molecular weight excluding hydrogens is 423 g/mol. The highest BCUT2D eigenvalue weighted by Crippen LogP contribution is 2.30. The van der Waals surface area contributed by atoms with Crippen LogP contribution < -0.4 is 5.09 Å². The molecule has 10 heteroatoms. The molecule has 4 atom stereocenters. The summed E-state index contributed by atoms with van der Waals surface area (Å²) in [5.41, 5.74) is 1.14. The van der Waals surface area contributed by atoms with E-state index < -0.39 is 43.7 Å². The van der Waals surface area contributed by atoms with Crippen LogP contribution in [0.2, 0.25) is 0 Å². The van der Waals surface area contributed by atoms with Gasteiger partial charge in [-0.1, -0.05) is 35.4 Å². The zero-order chi connectivity index (χ0) is 22.8. The van der Waals surface area contributed by atoms with Crippen LogP contribution in [0.15, 0.2) is 30.3 Å². The van der Waals surface area contributed by atoms with Crippen LogP contribution in [0, 0.1) is 0 Å². The molecule has 0 aromatic heterocycles. The Labute approximate surface area is 182 Å². The summed E-state index contributed by atoms with van der Waals surface area (Å²) >= 11 is 0. The molecule has 2 N–H and O–H groups in total. The second kappa shape index (κ2) is 12.5.